The van der Waals surface area contributed by atoms with Gasteiger partial charge in [0, 0.05) is 51.1 Å². The van der Waals surface area contributed by atoms with Crippen molar-refractivity contribution in [2.24, 2.45) is 10.9 Å². The second-order valence-corrected chi connectivity index (χ2v) is 4.62. The van der Waals surface area contributed by atoms with E-state index < -0.39 is 0 Å². The highest BCUT2D eigenvalue weighted by Crippen LogP contribution is 2.11. The van der Waals surface area contributed by atoms with Crippen LogP contribution >= 0.6 is 0 Å². The molecule has 1 atom stereocenters. The number of hydrogen-bond donors (Lipinski definition) is 0. The fraction of sp³-hybridized carbons (Fsp3) is 0.812. The van der Waals surface area contributed by atoms with Crippen molar-refractivity contribution in [2.45, 2.75) is 40.5 Å². The third kappa shape index (κ3) is 8.17. The molecule has 0 aromatic heterocycles. The van der Waals surface area contributed by atoms with Crippen molar-refractivity contribution in [3.8, 4) is 0 Å². The molecular formula is C16H33N3. The Kier molecular flexibility index (Phi) is 11.9. The molecule has 19 heavy (non-hydrogen) atoms. The van der Waals surface area contributed by atoms with E-state index in [9.17, 15) is 0 Å². The lowest BCUT2D eigenvalue weighted by molar-refractivity contribution is 0.145. The zero-order valence-corrected chi connectivity index (χ0v) is 13.6. The van der Waals surface area contributed by atoms with E-state index >= 15 is 0 Å². The maximum absolute atomic E-state index is 4.29. The lowest BCUT2D eigenvalue weighted by Gasteiger charge is -2.33. The Balaban J connectivity index is 0.000000741. The number of piperazine rings is 1. The van der Waals surface area contributed by atoms with Gasteiger partial charge < -0.3 is 9.80 Å². The van der Waals surface area contributed by atoms with Crippen LogP contribution in [0.15, 0.2) is 17.3 Å². The molecule has 0 aromatic rings. The summed E-state index contributed by atoms with van der Waals surface area (Å²) in [7, 11) is 2.20. The van der Waals surface area contributed by atoms with Gasteiger partial charge in [-0.15, -0.1) is 0 Å². The first-order valence-corrected chi connectivity index (χ1v) is 7.94. The van der Waals surface area contributed by atoms with E-state index in [4.69, 9.17) is 0 Å². The SMILES string of the molecule is CC.CC.CN1CCN(CC2C=NC=CCC2)CC1. The molecule has 2 aliphatic heterocycles. The molecule has 1 unspecified atom stereocenters. The van der Waals surface area contributed by atoms with Crippen molar-refractivity contribution >= 4 is 6.21 Å². The highest BCUT2D eigenvalue weighted by Gasteiger charge is 2.17. The average molecular weight is 267 g/mol. The highest BCUT2D eigenvalue weighted by molar-refractivity contribution is 5.62. The van der Waals surface area contributed by atoms with Crippen LogP contribution in [0.2, 0.25) is 0 Å². The molecule has 112 valence electrons. The van der Waals surface area contributed by atoms with Crippen LogP contribution in [0.3, 0.4) is 0 Å². The number of likely N-dealkylation sites (N-methyl/N-ethyl adjacent to an activating group) is 1. The monoisotopic (exact) mass is 267 g/mol. The number of nitrogens with zero attached hydrogens (tertiary/aromatic N) is 3. The van der Waals surface area contributed by atoms with E-state index in [1.54, 1.807) is 0 Å². The average Bonchev–Trinajstić information content (AvgIpc) is 2.74. The van der Waals surface area contributed by atoms with Gasteiger partial charge in [-0.1, -0.05) is 33.8 Å². The third-order valence-corrected chi connectivity index (χ3v) is 3.28. The minimum atomic E-state index is 0.656. The summed E-state index contributed by atoms with van der Waals surface area (Å²) in [6.45, 7) is 14.0. The summed E-state index contributed by atoms with van der Waals surface area (Å²) in [5.74, 6) is 0.656. The molecule has 1 fully saturated rings. The minimum Gasteiger partial charge on any atom is -0.304 e. The Bertz CT molecular complexity index is 240. The van der Waals surface area contributed by atoms with Crippen LogP contribution in [0.1, 0.15) is 40.5 Å². The zero-order valence-electron chi connectivity index (χ0n) is 13.6. The normalized spacial score (nSPS) is 23.7. The first-order chi connectivity index (χ1) is 9.34. The van der Waals surface area contributed by atoms with Gasteiger partial charge in [0.25, 0.3) is 0 Å². The second kappa shape index (κ2) is 12.4. The first-order valence-electron chi connectivity index (χ1n) is 7.94. The molecule has 0 N–H and O–H groups in total. The van der Waals surface area contributed by atoms with Gasteiger partial charge in [0.1, 0.15) is 0 Å². The van der Waals surface area contributed by atoms with Crippen LogP contribution in [0.4, 0.5) is 0 Å². The Hall–Kier alpha value is -0.670. The largest absolute Gasteiger partial charge is 0.304 e. The highest BCUT2D eigenvalue weighted by atomic mass is 15.2. The van der Waals surface area contributed by atoms with Gasteiger partial charge in [-0.2, -0.15) is 0 Å². The van der Waals surface area contributed by atoms with Crippen molar-refractivity contribution in [3.05, 3.63) is 12.3 Å². The van der Waals surface area contributed by atoms with Gasteiger partial charge in [0.05, 0.1) is 0 Å². The van der Waals surface area contributed by atoms with Crippen LogP contribution in [0, 0.1) is 5.92 Å². The summed E-state index contributed by atoms with van der Waals surface area (Å²) >= 11 is 0. The van der Waals surface area contributed by atoms with Gasteiger partial charge >= 0.3 is 0 Å². The molecule has 0 radical (unpaired) electrons. The smallest absolute Gasteiger partial charge is 0.0224 e. The summed E-state index contributed by atoms with van der Waals surface area (Å²) in [6.07, 6.45) is 8.66. The first kappa shape index (κ1) is 18.3. The number of aliphatic imine (C=N–C) groups is 1. The standard InChI is InChI=1S/C12H21N3.2C2H6/c1-14-6-8-15(9-7-14)11-12-4-2-3-5-13-10-12;2*1-2/h3,5,10,12H,2,4,6-9,11H2,1H3;2*1-2H3. The van der Waals surface area contributed by atoms with Gasteiger partial charge in [0.2, 0.25) is 0 Å². The van der Waals surface area contributed by atoms with E-state index in [1.165, 1.54) is 45.6 Å². The molecule has 0 saturated carbocycles. The fourth-order valence-corrected chi connectivity index (χ4v) is 2.19. The van der Waals surface area contributed by atoms with E-state index in [0.29, 0.717) is 5.92 Å². The van der Waals surface area contributed by atoms with Gasteiger partial charge in [-0.05, 0) is 19.9 Å². The van der Waals surface area contributed by atoms with Gasteiger partial charge in [-0.25, -0.2) is 0 Å². The summed E-state index contributed by atoms with van der Waals surface area (Å²) in [4.78, 5) is 9.26. The molecule has 0 bridgehead atoms. The van der Waals surface area contributed by atoms with Gasteiger partial charge in [0.15, 0.2) is 0 Å². The van der Waals surface area contributed by atoms with Crippen LogP contribution in [-0.4, -0.2) is 55.8 Å². The summed E-state index contributed by atoms with van der Waals surface area (Å²) < 4.78 is 0. The van der Waals surface area contributed by atoms with Crippen LogP contribution in [-0.2, 0) is 0 Å². The molecule has 1 saturated heterocycles. The molecule has 2 aliphatic rings. The molecular weight excluding hydrogens is 234 g/mol. The predicted molar refractivity (Wildman–Crippen MR) is 87.0 cm³/mol. The Morgan fingerprint density at radius 1 is 1.05 bits per heavy atom. The lowest BCUT2D eigenvalue weighted by Crippen LogP contribution is -2.46. The minimum absolute atomic E-state index is 0.656. The van der Waals surface area contributed by atoms with E-state index in [-0.39, 0.29) is 0 Å². The molecule has 0 amide bonds. The van der Waals surface area contributed by atoms with Crippen molar-refractivity contribution in [2.75, 3.05) is 39.8 Å². The van der Waals surface area contributed by atoms with E-state index in [2.05, 4.69) is 34.1 Å². The topological polar surface area (TPSA) is 18.8 Å². The summed E-state index contributed by atoms with van der Waals surface area (Å²) in [5.41, 5.74) is 0. The maximum Gasteiger partial charge on any atom is 0.0224 e. The molecule has 3 heteroatoms. The van der Waals surface area contributed by atoms with E-state index in [1.807, 2.05) is 33.9 Å². The molecule has 2 heterocycles. The number of allylic oxidation sites excluding steroid dienone is 1. The molecule has 0 spiro atoms. The van der Waals surface area contributed by atoms with Crippen molar-refractivity contribution in [3.63, 3.8) is 0 Å². The Morgan fingerprint density at radius 3 is 2.32 bits per heavy atom. The summed E-state index contributed by atoms with van der Waals surface area (Å²) in [5, 5.41) is 0. The van der Waals surface area contributed by atoms with Crippen LogP contribution in [0.25, 0.3) is 0 Å². The second-order valence-electron chi connectivity index (χ2n) is 4.62. The molecule has 3 nitrogen and oxygen atoms in total. The number of hydrogen-bond acceptors (Lipinski definition) is 3. The van der Waals surface area contributed by atoms with Crippen molar-refractivity contribution in [1.29, 1.82) is 0 Å². The predicted octanol–water partition coefficient (Wildman–Crippen LogP) is 3.28. The van der Waals surface area contributed by atoms with Crippen LogP contribution in [0.5, 0.6) is 0 Å². The molecule has 0 aliphatic carbocycles. The van der Waals surface area contributed by atoms with Crippen molar-refractivity contribution in [1.82, 2.24) is 9.80 Å². The Morgan fingerprint density at radius 2 is 1.68 bits per heavy atom. The van der Waals surface area contributed by atoms with E-state index in [0.717, 1.165) is 0 Å². The van der Waals surface area contributed by atoms with Gasteiger partial charge in [-0.3, -0.25) is 4.99 Å². The maximum atomic E-state index is 4.29. The summed E-state index contributed by atoms with van der Waals surface area (Å²) in [6, 6.07) is 0. The van der Waals surface area contributed by atoms with Crippen molar-refractivity contribution < 1.29 is 0 Å². The molecule has 0 aromatic carbocycles. The zero-order chi connectivity index (χ0) is 14.5. The third-order valence-electron chi connectivity index (χ3n) is 3.28. The Labute approximate surface area is 120 Å². The fourth-order valence-electron chi connectivity index (χ4n) is 2.19. The van der Waals surface area contributed by atoms with Crippen LogP contribution < -0.4 is 0 Å². The number of rotatable bonds is 2. The quantitative estimate of drug-likeness (QED) is 0.764. The molecule has 2 rings (SSSR count). The lowest BCUT2D eigenvalue weighted by atomic mass is 10.0.